The van der Waals surface area contributed by atoms with Crippen LogP contribution in [0, 0.1) is 0 Å². The minimum atomic E-state index is -0.111. The zero-order valence-electron chi connectivity index (χ0n) is 14.3. The molecule has 0 bridgehead atoms. The van der Waals surface area contributed by atoms with E-state index in [-0.39, 0.29) is 5.91 Å². The maximum Gasteiger partial charge on any atom is 0.255 e. The zero-order valence-corrected chi connectivity index (χ0v) is 14.3. The monoisotopic (exact) mass is 340 g/mol. The highest BCUT2D eigenvalue weighted by Gasteiger charge is 2.09. The number of rotatable bonds is 7. The molecule has 5 nitrogen and oxygen atoms in total. The number of hydrogen-bond acceptors (Lipinski definition) is 4. The number of amides is 1. The van der Waals surface area contributed by atoms with Crippen molar-refractivity contribution in [2.75, 3.05) is 44.8 Å². The highest BCUT2D eigenvalue weighted by molar-refractivity contribution is 6.04. The van der Waals surface area contributed by atoms with Crippen molar-refractivity contribution in [3.8, 4) is 5.75 Å². The zero-order chi connectivity index (χ0) is 17.3. The molecule has 1 aliphatic rings. The Kier molecular flexibility index (Phi) is 6.42. The van der Waals surface area contributed by atoms with Crippen molar-refractivity contribution in [1.82, 2.24) is 4.90 Å². The van der Waals surface area contributed by atoms with E-state index < -0.39 is 0 Å². The molecule has 1 N–H and O–H groups in total. The number of nitrogens with zero attached hydrogens (tertiary/aromatic N) is 1. The van der Waals surface area contributed by atoms with Crippen LogP contribution >= 0.6 is 0 Å². The lowest BCUT2D eigenvalue weighted by Gasteiger charge is -2.26. The first-order chi connectivity index (χ1) is 12.3. The second kappa shape index (κ2) is 9.20. The fourth-order valence-electron chi connectivity index (χ4n) is 2.73. The minimum absolute atomic E-state index is 0.111. The van der Waals surface area contributed by atoms with Crippen LogP contribution in [-0.2, 0) is 4.74 Å². The molecule has 25 heavy (non-hydrogen) atoms. The van der Waals surface area contributed by atoms with Gasteiger partial charge in [-0.25, -0.2) is 0 Å². The average molecular weight is 340 g/mol. The molecule has 132 valence electrons. The van der Waals surface area contributed by atoms with Gasteiger partial charge < -0.3 is 14.8 Å². The normalized spacial score (nSPS) is 14.9. The number of benzene rings is 2. The van der Waals surface area contributed by atoms with Gasteiger partial charge in [0, 0.05) is 30.9 Å². The Balaban J connectivity index is 1.40. The lowest BCUT2D eigenvalue weighted by Crippen LogP contribution is -2.37. The number of morpholine rings is 1. The molecule has 1 fully saturated rings. The van der Waals surface area contributed by atoms with Gasteiger partial charge in [-0.05, 0) is 42.8 Å². The van der Waals surface area contributed by atoms with Crippen LogP contribution in [0.15, 0.2) is 54.6 Å². The quantitative estimate of drug-likeness (QED) is 0.787. The summed E-state index contributed by atoms with van der Waals surface area (Å²) in [5, 5.41) is 2.88. The molecule has 0 spiro atoms. The van der Waals surface area contributed by atoms with E-state index in [0.29, 0.717) is 12.2 Å². The van der Waals surface area contributed by atoms with E-state index in [2.05, 4.69) is 10.2 Å². The van der Waals surface area contributed by atoms with Gasteiger partial charge in [0.05, 0.1) is 19.8 Å². The van der Waals surface area contributed by atoms with Gasteiger partial charge in [0.25, 0.3) is 5.91 Å². The van der Waals surface area contributed by atoms with Crippen molar-refractivity contribution >= 4 is 11.6 Å². The van der Waals surface area contributed by atoms with Crippen LogP contribution < -0.4 is 10.1 Å². The Labute approximate surface area is 148 Å². The van der Waals surface area contributed by atoms with Gasteiger partial charge in [-0.2, -0.15) is 0 Å². The number of anilines is 1. The maximum atomic E-state index is 12.1. The van der Waals surface area contributed by atoms with E-state index in [1.807, 2.05) is 42.5 Å². The Morgan fingerprint density at radius 2 is 1.76 bits per heavy atom. The lowest BCUT2D eigenvalue weighted by molar-refractivity contribution is 0.0358. The van der Waals surface area contributed by atoms with Crippen LogP contribution in [0.4, 0.5) is 5.69 Å². The minimum Gasteiger partial charge on any atom is -0.494 e. The van der Waals surface area contributed by atoms with Gasteiger partial charge >= 0.3 is 0 Å². The summed E-state index contributed by atoms with van der Waals surface area (Å²) < 4.78 is 11.1. The number of carbonyl (C=O) groups is 1. The molecule has 0 unspecified atom stereocenters. The Morgan fingerprint density at radius 1 is 1.04 bits per heavy atom. The molecular formula is C20H24N2O3. The Morgan fingerprint density at radius 3 is 2.48 bits per heavy atom. The fraction of sp³-hybridized carbons (Fsp3) is 0.350. The largest absolute Gasteiger partial charge is 0.494 e. The SMILES string of the molecule is O=C(Nc1ccc(OCCCN2CCOCC2)cc1)c1ccccc1. The number of hydrogen-bond donors (Lipinski definition) is 1. The summed E-state index contributed by atoms with van der Waals surface area (Å²) >= 11 is 0. The first-order valence-corrected chi connectivity index (χ1v) is 8.71. The average Bonchev–Trinajstić information content (AvgIpc) is 2.68. The van der Waals surface area contributed by atoms with Crippen LogP contribution in [0.5, 0.6) is 5.75 Å². The van der Waals surface area contributed by atoms with Crippen molar-refractivity contribution in [3.63, 3.8) is 0 Å². The second-order valence-electron chi connectivity index (χ2n) is 6.00. The van der Waals surface area contributed by atoms with E-state index in [1.54, 1.807) is 12.1 Å². The standard InChI is InChI=1S/C20H24N2O3/c23-20(17-5-2-1-3-6-17)21-18-7-9-19(10-8-18)25-14-4-11-22-12-15-24-16-13-22/h1-3,5-10H,4,11-16H2,(H,21,23). The van der Waals surface area contributed by atoms with Crippen LogP contribution in [-0.4, -0.2) is 50.3 Å². The third kappa shape index (κ3) is 5.59. The first-order valence-electron chi connectivity index (χ1n) is 8.71. The van der Waals surface area contributed by atoms with Crippen LogP contribution in [0.1, 0.15) is 16.8 Å². The number of carbonyl (C=O) groups excluding carboxylic acids is 1. The molecule has 0 atom stereocenters. The molecule has 1 aliphatic heterocycles. The smallest absolute Gasteiger partial charge is 0.255 e. The molecule has 1 heterocycles. The van der Waals surface area contributed by atoms with Crippen molar-refractivity contribution < 1.29 is 14.3 Å². The van der Waals surface area contributed by atoms with E-state index in [4.69, 9.17) is 9.47 Å². The molecule has 3 rings (SSSR count). The van der Waals surface area contributed by atoms with Gasteiger partial charge in [-0.15, -0.1) is 0 Å². The van der Waals surface area contributed by atoms with E-state index >= 15 is 0 Å². The lowest BCUT2D eigenvalue weighted by atomic mass is 10.2. The second-order valence-corrected chi connectivity index (χ2v) is 6.00. The van der Waals surface area contributed by atoms with E-state index in [1.165, 1.54) is 0 Å². The molecule has 1 amide bonds. The van der Waals surface area contributed by atoms with E-state index in [0.717, 1.165) is 50.7 Å². The predicted molar refractivity (Wildman–Crippen MR) is 98.2 cm³/mol. The Hall–Kier alpha value is -2.37. The molecule has 5 heteroatoms. The van der Waals surface area contributed by atoms with Gasteiger partial charge in [0.2, 0.25) is 0 Å². The van der Waals surface area contributed by atoms with Crippen LogP contribution in [0.3, 0.4) is 0 Å². The summed E-state index contributed by atoms with van der Waals surface area (Å²) in [4.78, 5) is 14.5. The van der Waals surface area contributed by atoms with Gasteiger partial charge in [0.15, 0.2) is 0 Å². The van der Waals surface area contributed by atoms with Crippen LogP contribution in [0.2, 0.25) is 0 Å². The summed E-state index contributed by atoms with van der Waals surface area (Å²) in [7, 11) is 0. The molecule has 0 aromatic heterocycles. The Bertz CT molecular complexity index is 652. The number of nitrogens with one attached hydrogen (secondary N) is 1. The number of ether oxygens (including phenoxy) is 2. The summed E-state index contributed by atoms with van der Waals surface area (Å²) in [5.74, 6) is 0.708. The highest BCUT2D eigenvalue weighted by atomic mass is 16.5. The summed E-state index contributed by atoms with van der Waals surface area (Å²) in [6, 6.07) is 16.7. The third-order valence-corrected chi connectivity index (χ3v) is 4.14. The molecule has 1 saturated heterocycles. The predicted octanol–water partition coefficient (Wildman–Crippen LogP) is 3.04. The van der Waals surface area contributed by atoms with E-state index in [9.17, 15) is 4.79 Å². The summed E-state index contributed by atoms with van der Waals surface area (Å²) in [6.07, 6.45) is 0.993. The molecular weight excluding hydrogens is 316 g/mol. The van der Waals surface area contributed by atoms with Crippen molar-refractivity contribution in [3.05, 3.63) is 60.2 Å². The molecule has 2 aromatic carbocycles. The topological polar surface area (TPSA) is 50.8 Å². The van der Waals surface area contributed by atoms with Crippen molar-refractivity contribution in [2.24, 2.45) is 0 Å². The summed E-state index contributed by atoms with van der Waals surface area (Å²) in [6.45, 7) is 5.40. The van der Waals surface area contributed by atoms with Gasteiger partial charge in [0.1, 0.15) is 5.75 Å². The first kappa shape index (κ1) is 17.5. The molecule has 2 aromatic rings. The molecule has 0 aliphatic carbocycles. The summed E-state index contributed by atoms with van der Waals surface area (Å²) in [5.41, 5.74) is 1.40. The highest BCUT2D eigenvalue weighted by Crippen LogP contribution is 2.17. The van der Waals surface area contributed by atoms with Crippen LogP contribution in [0.25, 0.3) is 0 Å². The molecule has 0 saturated carbocycles. The van der Waals surface area contributed by atoms with Crippen molar-refractivity contribution in [1.29, 1.82) is 0 Å². The maximum absolute atomic E-state index is 12.1. The molecule has 0 radical (unpaired) electrons. The van der Waals surface area contributed by atoms with Crippen molar-refractivity contribution in [2.45, 2.75) is 6.42 Å². The fourth-order valence-corrected chi connectivity index (χ4v) is 2.73. The van der Waals surface area contributed by atoms with Gasteiger partial charge in [-0.3, -0.25) is 9.69 Å². The third-order valence-electron chi connectivity index (χ3n) is 4.14. The van der Waals surface area contributed by atoms with Gasteiger partial charge in [-0.1, -0.05) is 18.2 Å².